The van der Waals surface area contributed by atoms with E-state index >= 15 is 0 Å². The number of aromatic nitrogens is 4. The molecule has 0 aliphatic heterocycles. The monoisotopic (exact) mass is 388 g/mol. The summed E-state index contributed by atoms with van der Waals surface area (Å²) in [5.41, 5.74) is 11.2. The van der Waals surface area contributed by atoms with Crippen LogP contribution in [0, 0.1) is 13.8 Å². The Labute approximate surface area is 166 Å². The zero-order chi connectivity index (χ0) is 19.3. The van der Waals surface area contributed by atoms with Gasteiger partial charge in [-0.15, -0.1) is 11.3 Å². The molecule has 3 heterocycles. The van der Waals surface area contributed by atoms with Crippen LogP contribution in [0.2, 0.25) is 0 Å². The quantitative estimate of drug-likeness (QED) is 0.537. The van der Waals surface area contributed by atoms with Gasteiger partial charge in [0, 0.05) is 6.20 Å². The number of anilines is 2. The zero-order valence-electron chi connectivity index (χ0n) is 15.7. The SMILES string of the molecule is Cc1ccc(C2(Nc3nc(C)c(-c4nc5cnccc5s4)c(N)n3)CC2)cc1. The molecule has 7 heteroatoms. The maximum absolute atomic E-state index is 6.33. The van der Waals surface area contributed by atoms with Gasteiger partial charge in [-0.1, -0.05) is 29.8 Å². The second kappa shape index (κ2) is 6.24. The van der Waals surface area contributed by atoms with Crippen molar-refractivity contribution < 1.29 is 0 Å². The molecule has 0 spiro atoms. The number of rotatable bonds is 4. The fourth-order valence-corrected chi connectivity index (χ4v) is 4.54. The summed E-state index contributed by atoms with van der Waals surface area (Å²) in [4.78, 5) is 18.0. The van der Waals surface area contributed by atoms with Crippen LogP contribution in [0.3, 0.4) is 0 Å². The van der Waals surface area contributed by atoms with Gasteiger partial charge in [0.05, 0.1) is 27.7 Å². The van der Waals surface area contributed by atoms with Crippen molar-refractivity contribution in [1.82, 2.24) is 19.9 Å². The lowest BCUT2D eigenvalue weighted by molar-refractivity contribution is 0.788. The van der Waals surface area contributed by atoms with E-state index in [1.54, 1.807) is 23.7 Å². The molecule has 0 amide bonds. The van der Waals surface area contributed by atoms with Gasteiger partial charge in [-0.2, -0.15) is 4.98 Å². The van der Waals surface area contributed by atoms with Crippen molar-refractivity contribution in [2.24, 2.45) is 0 Å². The summed E-state index contributed by atoms with van der Waals surface area (Å²) in [6.45, 7) is 4.05. The second-order valence-corrected chi connectivity index (χ2v) is 8.36. The number of nitrogens with zero attached hydrogens (tertiary/aromatic N) is 4. The summed E-state index contributed by atoms with van der Waals surface area (Å²) in [6.07, 6.45) is 5.65. The van der Waals surface area contributed by atoms with Crippen molar-refractivity contribution in [2.45, 2.75) is 32.2 Å². The number of pyridine rings is 1. The van der Waals surface area contributed by atoms with E-state index in [4.69, 9.17) is 10.7 Å². The molecule has 0 radical (unpaired) electrons. The van der Waals surface area contributed by atoms with Crippen molar-refractivity contribution in [3.05, 3.63) is 59.5 Å². The average molecular weight is 389 g/mol. The summed E-state index contributed by atoms with van der Waals surface area (Å²) >= 11 is 1.58. The van der Waals surface area contributed by atoms with Crippen LogP contribution in [0.1, 0.15) is 29.7 Å². The van der Waals surface area contributed by atoms with Crippen LogP contribution < -0.4 is 11.1 Å². The Morgan fingerprint density at radius 2 is 1.82 bits per heavy atom. The number of fused-ring (bicyclic) bond motifs is 1. The minimum atomic E-state index is -0.0877. The fourth-order valence-electron chi connectivity index (χ4n) is 3.50. The normalized spacial score (nSPS) is 14.9. The molecule has 4 aromatic rings. The van der Waals surface area contributed by atoms with Gasteiger partial charge in [0.2, 0.25) is 5.95 Å². The Morgan fingerprint density at radius 1 is 1.04 bits per heavy atom. The maximum Gasteiger partial charge on any atom is 0.225 e. The minimum absolute atomic E-state index is 0.0877. The molecule has 1 aliphatic rings. The standard InChI is InChI=1S/C21H20N6S/c1-12-3-5-14(6-4-12)21(8-9-21)27-20-24-13(2)17(18(22)26-20)19-25-15-11-23-10-7-16(15)28-19/h3-7,10-11H,8-9H2,1-2H3,(H3,22,24,26,27). The molecule has 1 aliphatic carbocycles. The Hall–Kier alpha value is -3.06. The summed E-state index contributed by atoms with van der Waals surface area (Å²) in [6, 6.07) is 10.6. The van der Waals surface area contributed by atoms with E-state index in [0.717, 1.165) is 39.3 Å². The van der Waals surface area contributed by atoms with Crippen molar-refractivity contribution in [1.29, 1.82) is 0 Å². The van der Waals surface area contributed by atoms with Gasteiger partial charge < -0.3 is 11.1 Å². The van der Waals surface area contributed by atoms with E-state index in [1.807, 2.05) is 13.0 Å². The van der Waals surface area contributed by atoms with E-state index in [0.29, 0.717) is 11.8 Å². The van der Waals surface area contributed by atoms with Crippen LogP contribution >= 0.6 is 11.3 Å². The molecule has 3 aromatic heterocycles. The molecule has 3 N–H and O–H groups in total. The Morgan fingerprint density at radius 3 is 2.50 bits per heavy atom. The van der Waals surface area contributed by atoms with Gasteiger partial charge in [0.15, 0.2) is 0 Å². The highest BCUT2D eigenvalue weighted by Gasteiger charge is 2.45. The number of nitrogens with one attached hydrogen (secondary N) is 1. The van der Waals surface area contributed by atoms with Crippen molar-refractivity contribution in [3.8, 4) is 10.6 Å². The predicted molar refractivity (Wildman–Crippen MR) is 113 cm³/mol. The fraction of sp³-hybridized carbons (Fsp3) is 0.238. The maximum atomic E-state index is 6.33. The van der Waals surface area contributed by atoms with Crippen molar-refractivity contribution >= 4 is 33.3 Å². The molecular weight excluding hydrogens is 368 g/mol. The third-order valence-electron chi connectivity index (χ3n) is 5.23. The highest BCUT2D eigenvalue weighted by atomic mass is 32.1. The lowest BCUT2D eigenvalue weighted by atomic mass is 10.0. The average Bonchev–Trinajstić information content (AvgIpc) is 3.31. The first-order valence-electron chi connectivity index (χ1n) is 9.24. The molecule has 1 saturated carbocycles. The molecule has 0 bridgehead atoms. The first kappa shape index (κ1) is 17.1. The number of hydrogen-bond donors (Lipinski definition) is 2. The number of thiazole rings is 1. The number of nitrogen functional groups attached to an aromatic ring is 1. The molecule has 6 nitrogen and oxygen atoms in total. The first-order valence-corrected chi connectivity index (χ1v) is 10.1. The highest BCUT2D eigenvalue weighted by molar-refractivity contribution is 7.21. The molecule has 0 atom stereocenters. The first-order chi connectivity index (χ1) is 13.5. The van der Waals surface area contributed by atoms with E-state index in [9.17, 15) is 0 Å². The van der Waals surface area contributed by atoms with Crippen LogP contribution in [0.15, 0.2) is 42.7 Å². The van der Waals surface area contributed by atoms with Gasteiger partial charge in [-0.05, 0) is 38.3 Å². The highest BCUT2D eigenvalue weighted by Crippen LogP contribution is 2.48. The molecule has 5 rings (SSSR count). The van der Waals surface area contributed by atoms with Crippen molar-refractivity contribution in [3.63, 3.8) is 0 Å². The molecule has 1 fully saturated rings. The molecule has 1 aromatic carbocycles. The van der Waals surface area contributed by atoms with Crippen LogP contribution in [0.5, 0.6) is 0 Å². The topological polar surface area (TPSA) is 89.6 Å². The van der Waals surface area contributed by atoms with E-state index in [-0.39, 0.29) is 5.54 Å². The molecule has 0 saturated heterocycles. The molecule has 28 heavy (non-hydrogen) atoms. The van der Waals surface area contributed by atoms with Gasteiger partial charge in [-0.3, -0.25) is 4.98 Å². The van der Waals surface area contributed by atoms with Gasteiger partial charge in [-0.25, -0.2) is 9.97 Å². The number of benzene rings is 1. The van der Waals surface area contributed by atoms with E-state index in [1.165, 1.54) is 11.1 Å². The lowest BCUT2D eigenvalue weighted by Crippen LogP contribution is -2.21. The van der Waals surface area contributed by atoms with E-state index in [2.05, 4.69) is 51.5 Å². The van der Waals surface area contributed by atoms with Gasteiger partial charge in [0.1, 0.15) is 16.3 Å². The summed E-state index contributed by atoms with van der Waals surface area (Å²) in [7, 11) is 0. The van der Waals surface area contributed by atoms with Gasteiger partial charge in [0.25, 0.3) is 0 Å². The van der Waals surface area contributed by atoms with Crippen LogP contribution in [-0.2, 0) is 5.54 Å². The third-order valence-corrected chi connectivity index (χ3v) is 6.28. The number of hydrogen-bond acceptors (Lipinski definition) is 7. The summed E-state index contributed by atoms with van der Waals surface area (Å²) in [5.74, 6) is 1.02. The third kappa shape index (κ3) is 2.88. The lowest BCUT2D eigenvalue weighted by Gasteiger charge is -2.19. The van der Waals surface area contributed by atoms with Gasteiger partial charge >= 0.3 is 0 Å². The summed E-state index contributed by atoms with van der Waals surface area (Å²) < 4.78 is 1.07. The largest absolute Gasteiger partial charge is 0.383 e. The molecule has 140 valence electrons. The van der Waals surface area contributed by atoms with Crippen LogP contribution in [0.4, 0.5) is 11.8 Å². The minimum Gasteiger partial charge on any atom is -0.383 e. The zero-order valence-corrected chi connectivity index (χ0v) is 16.5. The second-order valence-electron chi connectivity index (χ2n) is 7.33. The van der Waals surface area contributed by atoms with Crippen LogP contribution in [-0.4, -0.2) is 19.9 Å². The molecule has 0 unspecified atom stereocenters. The van der Waals surface area contributed by atoms with E-state index < -0.39 is 0 Å². The summed E-state index contributed by atoms with van der Waals surface area (Å²) in [5, 5.41) is 4.35. The Bertz CT molecular complexity index is 1120. The van der Waals surface area contributed by atoms with Crippen LogP contribution in [0.25, 0.3) is 20.8 Å². The number of nitrogens with two attached hydrogens (primary N) is 1. The smallest absolute Gasteiger partial charge is 0.225 e. The number of aryl methyl sites for hydroxylation is 2. The van der Waals surface area contributed by atoms with Crippen molar-refractivity contribution in [2.75, 3.05) is 11.1 Å². The predicted octanol–water partition coefficient (Wildman–Crippen LogP) is 4.45. The Kier molecular flexibility index (Phi) is 3.80. The molecular formula is C21H20N6S. The Balaban J connectivity index is 1.49.